The molecule has 0 saturated heterocycles. The van der Waals surface area contributed by atoms with E-state index >= 15 is 0 Å². The molecular weight excluding hydrogens is 492 g/mol. The van der Waals surface area contributed by atoms with Crippen molar-refractivity contribution in [3.05, 3.63) is 108 Å². The molecule has 0 heterocycles. The number of esters is 1. The summed E-state index contributed by atoms with van der Waals surface area (Å²) in [5.41, 5.74) is 0.970. The molecule has 5 nitrogen and oxygen atoms in total. The molecule has 3 aromatic rings. The van der Waals surface area contributed by atoms with Crippen LogP contribution in [0.15, 0.2) is 103 Å². The molecule has 202 valence electrons. The zero-order valence-corrected chi connectivity index (χ0v) is 24.3. The smallest absolute Gasteiger partial charge is 0.334 e. The highest BCUT2D eigenvalue weighted by molar-refractivity contribution is 6.99. The third-order valence-electron chi connectivity index (χ3n) is 6.63. The number of carbonyl (C=O) groups is 1. The van der Waals surface area contributed by atoms with Gasteiger partial charge in [0, 0.05) is 13.0 Å². The van der Waals surface area contributed by atoms with Crippen LogP contribution in [0, 0.1) is 5.92 Å². The van der Waals surface area contributed by atoms with Crippen LogP contribution < -0.4 is 10.4 Å². The monoisotopic (exact) mass is 532 g/mol. The van der Waals surface area contributed by atoms with Gasteiger partial charge in [-0.1, -0.05) is 119 Å². The molecule has 0 N–H and O–H groups in total. The van der Waals surface area contributed by atoms with Crippen LogP contribution in [0.4, 0.5) is 0 Å². The van der Waals surface area contributed by atoms with Crippen LogP contribution in [0.1, 0.15) is 46.3 Å². The molecule has 0 fully saturated rings. The minimum absolute atomic E-state index is 0.107. The Bertz CT molecular complexity index is 1120. The summed E-state index contributed by atoms with van der Waals surface area (Å²) < 4.78 is 24.1. The van der Waals surface area contributed by atoms with Crippen molar-refractivity contribution in [2.24, 2.45) is 5.92 Å². The predicted octanol–water partition coefficient (Wildman–Crippen LogP) is 6.01. The average molecular weight is 533 g/mol. The fraction of sp³-hybridized carbons (Fsp3) is 0.344. The van der Waals surface area contributed by atoms with Crippen molar-refractivity contribution in [1.29, 1.82) is 0 Å². The van der Waals surface area contributed by atoms with Crippen LogP contribution in [0.25, 0.3) is 0 Å². The second kappa shape index (κ2) is 13.6. The summed E-state index contributed by atoms with van der Waals surface area (Å²) in [7, 11) is -1.41. The molecule has 6 heteroatoms. The van der Waals surface area contributed by atoms with Crippen LogP contribution in [0.3, 0.4) is 0 Å². The van der Waals surface area contributed by atoms with E-state index in [-0.39, 0.29) is 24.4 Å². The number of hydrogen-bond acceptors (Lipinski definition) is 5. The first-order valence-electron chi connectivity index (χ1n) is 13.1. The fourth-order valence-corrected chi connectivity index (χ4v) is 9.37. The Hall–Kier alpha value is -3.19. The van der Waals surface area contributed by atoms with E-state index in [1.54, 1.807) is 14.0 Å². The first-order chi connectivity index (χ1) is 18.2. The van der Waals surface area contributed by atoms with Crippen LogP contribution in [-0.4, -0.2) is 34.8 Å². The molecule has 0 spiro atoms. The van der Waals surface area contributed by atoms with Crippen molar-refractivity contribution in [3.63, 3.8) is 0 Å². The second-order valence-electron chi connectivity index (χ2n) is 10.3. The van der Waals surface area contributed by atoms with Gasteiger partial charge >= 0.3 is 14.3 Å². The minimum Gasteiger partial charge on any atom is -0.537 e. The van der Waals surface area contributed by atoms with E-state index in [0.717, 1.165) is 15.9 Å². The highest BCUT2D eigenvalue weighted by Crippen LogP contribution is 2.41. The maximum absolute atomic E-state index is 12.9. The van der Waals surface area contributed by atoms with Gasteiger partial charge in [0.25, 0.3) is 0 Å². The molecule has 3 aromatic carbocycles. The Labute approximate surface area is 228 Å². The summed E-state index contributed by atoms with van der Waals surface area (Å²) in [6.45, 7) is 10.8. The van der Waals surface area contributed by atoms with E-state index in [2.05, 4.69) is 45.0 Å². The van der Waals surface area contributed by atoms with E-state index in [9.17, 15) is 4.79 Å². The highest BCUT2D eigenvalue weighted by Gasteiger charge is 2.53. The van der Waals surface area contributed by atoms with Crippen molar-refractivity contribution in [1.82, 2.24) is 0 Å². The van der Waals surface area contributed by atoms with E-state index in [4.69, 9.17) is 18.6 Å². The summed E-state index contributed by atoms with van der Waals surface area (Å²) in [4.78, 5) is 12.9. The van der Waals surface area contributed by atoms with E-state index in [0.29, 0.717) is 5.76 Å². The summed E-state index contributed by atoms with van der Waals surface area (Å²) in [5.74, 6) is -0.229. The van der Waals surface area contributed by atoms with E-state index in [1.165, 1.54) is 6.08 Å². The molecule has 0 unspecified atom stereocenters. The van der Waals surface area contributed by atoms with Crippen molar-refractivity contribution >= 4 is 24.7 Å². The Balaban J connectivity index is 2.23. The minimum atomic E-state index is -3.01. The van der Waals surface area contributed by atoms with Gasteiger partial charge in [-0.05, 0) is 27.9 Å². The molecule has 38 heavy (non-hydrogen) atoms. The lowest BCUT2D eigenvalue weighted by molar-refractivity contribution is -0.137. The molecule has 3 rings (SSSR count). The number of carbonyl (C=O) groups excluding carboxylic acids is 1. The first-order valence-corrected chi connectivity index (χ1v) is 15.0. The highest BCUT2D eigenvalue weighted by atomic mass is 28.4. The quantitative estimate of drug-likeness (QED) is 0.0940. The summed E-state index contributed by atoms with van der Waals surface area (Å²) in [5, 5.41) is 1.96. The normalized spacial score (nSPS) is 14.0. The van der Waals surface area contributed by atoms with Gasteiger partial charge in [-0.25, -0.2) is 4.79 Å². The van der Waals surface area contributed by atoms with Gasteiger partial charge in [0.1, 0.15) is 6.79 Å². The van der Waals surface area contributed by atoms with Crippen LogP contribution >= 0.6 is 0 Å². The maximum atomic E-state index is 12.9. The lowest BCUT2D eigenvalue weighted by atomic mass is 9.95. The van der Waals surface area contributed by atoms with Crippen molar-refractivity contribution in [3.8, 4) is 0 Å². The van der Waals surface area contributed by atoms with Gasteiger partial charge in [0.2, 0.25) is 0 Å². The Morgan fingerprint density at radius 2 is 1.37 bits per heavy atom. The molecule has 0 aromatic heterocycles. The lowest BCUT2D eigenvalue weighted by Gasteiger charge is -2.44. The maximum Gasteiger partial charge on any atom is 0.334 e. The first kappa shape index (κ1) is 29.4. The van der Waals surface area contributed by atoms with Gasteiger partial charge < -0.3 is 18.6 Å². The second-order valence-corrected chi connectivity index (χ2v) is 14.5. The fourth-order valence-electron chi connectivity index (χ4n) is 4.84. The zero-order chi connectivity index (χ0) is 27.6. The standard InChI is InChI=1S/C32H40O5Si/c1-7-35-30(33)23-29(25(2)31(36-24-34-6)26-17-11-8-12-18-26)37-38(32(3,4)5,27-19-13-9-14-20-27)28-21-15-10-16-22-28/h8-23,25,31H,7,24H2,1-6H3/b29-23+/t25-,31+/m1/s1. The van der Waals surface area contributed by atoms with Gasteiger partial charge in [0.05, 0.1) is 24.5 Å². The van der Waals surface area contributed by atoms with Crippen LogP contribution in [-0.2, 0) is 23.4 Å². The molecular formula is C32H40O5Si. The molecule has 0 amide bonds. The zero-order valence-electron chi connectivity index (χ0n) is 23.3. The molecule has 0 bridgehead atoms. The number of benzene rings is 3. The molecule has 0 radical (unpaired) electrons. The van der Waals surface area contributed by atoms with Gasteiger partial charge in [-0.15, -0.1) is 0 Å². The molecule has 0 aliphatic carbocycles. The van der Waals surface area contributed by atoms with E-state index in [1.807, 2.05) is 73.7 Å². The summed E-state index contributed by atoms with van der Waals surface area (Å²) in [6.07, 6.45) is 1.09. The lowest BCUT2D eigenvalue weighted by Crippen LogP contribution is -2.66. The third kappa shape index (κ3) is 6.81. The number of hydrogen-bond donors (Lipinski definition) is 0. The predicted molar refractivity (Wildman–Crippen MR) is 155 cm³/mol. The van der Waals surface area contributed by atoms with Crippen molar-refractivity contribution in [2.45, 2.75) is 45.8 Å². The molecule has 2 atom stereocenters. The van der Waals surface area contributed by atoms with Crippen molar-refractivity contribution < 1.29 is 23.4 Å². The Kier molecular flexibility index (Phi) is 10.5. The van der Waals surface area contributed by atoms with Crippen molar-refractivity contribution in [2.75, 3.05) is 20.5 Å². The SMILES string of the molecule is CCOC(=O)/C=C(/O[Si](c1ccccc1)(c1ccccc1)C(C)(C)C)[C@@H](C)[C@H](OCOC)c1ccccc1. The summed E-state index contributed by atoms with van der Waals surface area (Å²) >= 11 is 0. The van der Waals surface area contributed by atoms with Crippen LogP contribution in [0.2, 0.25) is 5.04 Å². The van der Waals surface area contributed by atoms with Gasteiger partial charge in [-0.3, -0.25) is 0 Å². The average Bonchev–Trinajstić information content (AvgIpc) is 2.92. The molecule has 0 saturated carbocycles. The molecule has 0 aliphatic rings. The van der Waals surface area contributed by atoms with Gasteiger partial charge in [0.15, 0.2) is 0 Å². The Morgan fingerprint density at radius 3 is 1.82 bits per heavy atom. The largest absolute Gasteiger partial charge is 0.537 e. The van der Waals surface area contributed by atoms with Gasteiger partial charge in [-0.2, -0.15) is 0 Å². The van der Waals surface area contributed by atoms with E-state index < -0.39 is 20.4 Å². The Morgan fingerprint density at radius 1 is 0.868 bits per heavy atom. The number of rotatable bonds is 12. The molecule has 0 aliphatic heterocycles. The topological polar surface area (TPSA) is 54.0 Å². The van der Waals surface area contributed by atoms with Crippen LogP contribution in [0.5, 0.6) is 0 Å². The summed E-state index contributed by atoms with van der Waals surface area (Å²) in [6, 6.07) is 30.7. The number of ether oxygens (including phenoxy) is 3. The third-order valence-corrected chi connectivity index (χ3v) is 11.6. The number of methoxy groups -OCH3 is 1.